The second-order valence-electron chi connectivity index (χ2n) is 7.47. The second-order valence-corrected chi connectivity index (χ2v) is 9.62. The first-order valence-electron chi connectivity index (χ1n) is 8.86. The number of benzene rings is 2. The van der Waals surface area contributed by atoms with Crippen LogP contribution in [0.4, 0.5) is 14.9 Å². The van der Waals surface area contributed by atoms with Crippen LogP contribution in [0.2, 0.25) is 0 Å². The van der Waals surface area contributed by atoms with Crippen molar-refractivity contribution in [2.45, 2.75) is 32.5 Å². The van der Waals surface area contributed by atoms with Crippen LogP contribution in [0.3, 0.4) is 0 Å². The summed E-state index contributed by atoms with van der Waals surface area (Å²) in [7, 11) is -3.23. The van der Waals surface area contributed by atoms with Gasteiger partial charge in [0.1, 0.15) is 5.82 Å². The summed E-state index contributed by atoms with van der Waals surface area (Å²) < 4.78 is 38.1. The number of halogens is 1. The molecule has 2 aromatic rings. The normalized spacial score (nSPS) is 23.7. The average molecular weight is 388 g/mol. The highest BCUT2D eigenvalue weighted by atomic mass is 32.2. The van der Waals surface area contributed by atoms with E-state index >= 15 is 0 Å². The minimum Gasteiger partial charge on any atom is -0.314 e. The van der Waals surface area contributed by atoms with E-state index in [4.69, 9.17) is 0 Å². The fraction of sp³-hybridized carbons (Fsp3) is 0.350. The van der Waals surface area contributed by atoms with Gasteiger partial charge in [0.25, 0.3) is 0 Å². The van der Waals surface area contributed by atoms with Crippen molar-refractivity contribution in [3.05, 3.63) is 65.0 Å². The van der Waals surface area contributed by atoms with E-state index in [2.05, 4.69) is 0 Å². The Balaban J connectivity index is 1.73. The van der Waals surface area contributed by atoms with Gasteiger partial charge in [0.05, 0.1) is 23.6 Å². The fourth-order valence-corrected chi connectivity index (χ4v) is 6.14. The lowest BCUT2D eigenvalue weighted by atomic mass is 10.1. The third-order valence-corrected chi connectivity index (χ3v) is 6.90. The van der Waals surface area contributed by atoms with E-state index in [9.17, 15) is 17.6 Å². The van der Waals surface area contributed by atoms with E-state index in [-0.39, 0.29) is 29.9 Å². The van der Waals surface area contributed by atoms with Crippen molar-refractivity contribution >= 4 is 21.6 Å². The monoisotopic (exact) mass is 388 g/mol. The lowest BCUT2D eigenvalue weighted by molar-refractivity contribution is 0.206. The number of sulfone groups is 1. The predicted molar refractivity (Wildman–Crippen MR) is 102 cm³/mol. The molecule has 7 heteroatoms. The van der Waals surface area contributed by atoms with Crippen molar-refractivity contribution in [3.63, 3.8) is 0 Å². The van der Waals surface area contributed by atoms with Crippen LogP contribution in [0.1, 0.15) is 16.7 Å². The Morgan fingerprint density at radius 1 is 1.04 bits per heavy atom. The number of hydrogen-bond acceptors (Lipinski definition) is 3. The molecule has 27 heavy (non-hydrogen) atoms. The van der Waals surface area contributed by atoms with Crippen LogP contribution in [0.15, 0.2) is 42.5 Å². The maximum atomic E-state index is 13.6. The highest BCUT2D eigenvalue weighted by molar-refractivity contribution is 7.91. The maximum absolute atomic E-state index is 13.6. The number of fused-ring (bicyclic) bond motifs is 1. The molecule has 2 fully saturated rings. The lowest BCUT2D eigenvalue weighted by Gasteiger charge is -2.23. The molecule has 2 aliphatic heterocycles. The number of amides is 2. The first kappa shape index (κ1) is 18.0. The summed E-state index contributed by atoms with van der Waals surface area (Å²) >= 11 is 0. The number of aryl methyl sites for hydroxylation is 2. The van der Waals surface area contributed by atoms with Crippen LogP contribution < -0.4 is 4.90 Å². The Morgan fingerprint density at radius 2 is 1.70 bits per heavy atom. The van der Waals surface area contributed by atoms with Gasteiger partial charge in [0, 0.05) is 12.2 Å². The van der Waals surface area contributed by atoms with Crippen molar-refractivity contribution < 1.29 is 17.6 Å². The third-order valence-electron chi connectivity index (χ3n) is 5.20. The zero-order chi connectivity index (χ0) is 19.3. The Hall–Kier alpha value is -2.41. The molecule has 2 heterocycles. The van der Waals surface area contributed by atoms with E-state index in [0.29, 0.717) is 11.3 Å². The van der Waals surface area contributed by atoms with Gasteiger partial charge in [-0.25, -0.2) is 17.6 Å². The molecule has 5 nitrogen and oxygen atoms in total. The minimum atomic E-state index is -3.23. The van der Waals surface area contributed by atoms with E-state index in [1.807, 2.05) is 32.0 Å². The van der Waals surface area contributed by atoms with Gasteiger partial charge < -0.3 is 4.90 Å². The van der Waals surface area contributed by atoms with Crippen molar-refractivity contribution in [3.8, 4) is 0 Å². The number of rotatable bonds is 3. The van der Waals surface area contributed by atoms with Crippen molar-refractivity contribution in [1.82, 2.24) is 4.90 Å². The van der Waals surface area contributed by atoms with Crippen LogP contribution in [0.5, 0.6) is 0 Å². The SMILES string of the molecule is Cc1cc(C)cc(N2C(=O)N(Cc3cccc(F)c3)[C@@H]3CS(=O)(=O)C[C@@H]32)c1. The molecule has 2 aliphatic rings. The van der Waals surface area contributed by atoms with Gasteiger partial charge in [0.15, 0.2) is 9.84 Å². The maximum Gasteiger partial charge on any atom is 0.325 e. The van der Waals surface area contributed by atoms with E-state index in [0.717, 1.165) is 11.1 Å². The zero-order valence-electron chi connectivity index (χ0n) is 15.2. The molecule has 0 bridgehead atoms. The number of carbonyl (C=O) groups excluding carboxylic acids is 1. The quantitative estimate of drug-likeness (QED) is 0.760. The molecule has 0 aliphatic carbocycles. The molecule has 2 amide bonds. The molecule has 0 radical (unpaired) electrons. The van der Waals surface area contributed by atoms with Crippen LogP contribution >= 0.6 is 0 Å². The summed E-state index contributed by atoms with van der Waals surface area (Å²) in [5, 5.41) is 0. The minimum absolute atomic E-state index is 0.0456. The van der Waals surface area contributed by atoms with Crippen LogP contribution in [0.25, 0.3) is 0 Å². The highest BCUT2D eigenvalue weighted by Crippen LogP contribution is 2.36. The summed E-state index contributed by atoms with van der Waals surface area (Å²) in [5.41, 5.74) is 3.39. The average Bonchev–Trinajstić information content (AvgIpc) is 2.98. The number of urea groups is 1. The molecule has 0 unspecified atom stereocenters. The van der Waals surface area contributed by atoms with E-state index < -0.39 is 21.9 Å². The fourth-order valence-electron chi connectivity index (χ4n) is 4.19. The zero-order valence-corrected chi connectivity index (χ0v) is 16.0. The third kappa shape index (κ3) is 3.32. The summed E-state index contributed by atoms with van der Waals surface area (Å²) in [4.78, 5) is 16.4. The summed E-state index contributed by atoms with van der Waals surface area (Å²) in [6, 6.07) is 10.8. The van der Waals surface area contributed by atoms with Gasteiger partial charge in [-0.1, -0.05) is 18.2 Å². The Labute approximate surface area is 158 Å². The molecule has 0 N–H and O–H groups in total. The molecule has 2 atom stereocenters. The van der Waals surface area contributed by atoms with Gasteiger partial charge >= 0.3 is 6.03 Å². The number of carbonyl (C=O) groups is 1. The molecule has 4 rings (SSSR count). The highest BCUT2D eigenvalue weighted by Gasteiger charge is 2.53. The van der Waals surface area contributed by atoms with Crippen molar-refractivity contribution in [1.29, 1.82) is 0 Å². The lowest BCUT2D eigenvalue weighted by Crippen LogP contribution is -2.37. The van der Waals surface area contributed by atoms with Gasteiger partial charge in [-0.15, -0.1) is 0 Å². The molecule has 142 valence electrons. The summed E-state index contributed by atoms with van der Waals surface area (Å²) in [6.07, 6.45) is 0. The summed E-state index contributed by atoms with van der Waals surface area (Å²) in [6.45, 7) is 4.09. The topological polar surface area (TPSA) is 57.7 Å². The van der Waals surface area contributed by atoms with Gasteiger partial charge in [-0.2, -0.15) is 0 Å². The smallest absolute Gasteiger partial charge is 0.314 e. The van der Waals surface area contributed by atoms with Gasteiger partial charge in [-0.05, 0) is 54.8 Å². The number of nitrogens with zero attached hydrogens (tertiary/aromatic N) is 2. The Bertz CT molecular complexity index is 1000. The van der Waals surface area contributed by atoms with Crippen LogP contribution in [-0.2, 0) is 16.4 Å². The molecule has 0 spiro atoms. The van der Waals surface area contributed by atoms with Crippen LogP contribution in [0, 0.1) is 19.7 Å². The second kappa shape index (κ2) is 6.34. The first-order chi connectivity index (χ1) is 12.7. The predicted octanol–water partition coefficient (Wildman–Crippen LogP) is 3.05. The Morgan fingerprint density at radius 3 is 2.37 bits per heavy atom. The largest absolute Gasteiger partial charge is 0.325 e. The van der Waals surface area contributed by atoms with Gasteiger partial charge in [0.2, 0.25) is 0 Å². The number of hydrogen-bond donors (Lipinski definition) is 0. The molecule has 2 saturated heterocycles. The molecule has 0 aromatic heterocycles. The van der Waals surface area contributed by atoms with Crippen molar-refractivity contribution in [2.75, 3.05) is 16.4 Å². The first-order valence-corrected chi connectivity index (χ1v) is 10.7. The van der Waals surface area contributed by atoms with E-state index in [1.54, 1.807) is 21.9 Å². The van der Waals surface area contributed by atoms with Crippen LogP contribution in [-0.4, -0.2) is 42.9 Å². The van der Waals surface area contributed by atoms with E-state index in [1.165, 1.54) is 12.1 Å². The Kier molecular flexibility index (Phi) is 4.22. The number of anilines is 1. The molecule has 0 saturated carbocycles. The molecular weight excluding hydrogens is 367 g/mol. The van der Waals surface area contributed by atoms with Gasteiger partial charge in [-0.3, -0.25) is 4.90 Å². The standard InChI is InChI=1S/C20H21FN2O3S/c1-13-6-14(2)8-17(7-13)23-19-12-27(25,26)11-18(19)22(20(23)24)10-15-4-3-5-16(21)9-15/h3-9,18-19H,10-12H2,1-2H3/t18-,19+/m1/s1. The molecule has 2 aromatic carbocycles. The van der Waals surface area contributed by atoms with Crippen molar-refractivity contribution in [2.24, 2.45) is 0 Å². The molecular formula is C20H21FN2O3S. The summed E-state index contributed by atoms with van der Waals surface area (Å²) in [5.74, 6) is -0.475.